The zero-order valence-corrected chi connectivity index (χ0v) is 12.6. The summed E-state index contributed by atoms with van der Waals surface area (Å²) in [6.07, 6.45) is 0.604. The standard InChI is InChI=1S/C17H15ClN2O2/c18-13-8-6-12(7-9-13)16(21)19-15-10-11-20(17(15)22)14-4-2-1-3-5-14/h1-9,15H,10-11H2,(H,19,21)/t15-/m0/s1. The van der Waals surface area contributed by atoms with Gasteiger partial charge in [0.15, 0.2) is 0 Å². The summed E-state index contributed by atoms with van der Waals surface area (Å²) in [7, 11) is 0. The summed E-state index contributed by atoms with van der Waals surface area (Å²) < 4.78 is 0. The predicted molar refractivity (Wildman–Crippen MR) is 86.1 cm³/mol. The Kier molecular flexibility index (Phi) is 4.11. The van der Waals surface area contributed by atoms with Gasteiger partial charge in [0.05, 0.1) is 0 Å². The van der Waals surface area contributed by atoms with Crippen LogP contribution in [0.4, 0.5) is 5.69 Å². The van der Waals surface area contributed by atoms with Gasteiger partial charge in [-0.05, 0) is 42.8 Å². The van der Waals surface area contributed by atoms with Gasteiger partial charge in [0.25, 0.3) is 5.91 Å². The number of hydrogen-bond donors (Lipinski definition) is 1. The molecule has 0 saturated carbocycles. The second-order valence-electron chi connectivity index (χ2n) is 5.15. The molecule has 5 heteroatoms. The van der Waals surface area contributed by atoms with E-state index in [2.05, 4.69) is 5.32 Å². The summed E-state index contributed by atoms with van der Waals surface area (Å²) in [4.78, 5) is 26.3. The minimum Gasteiger partial charge on any atom is -0.340 e. The molecule has 22 heavy (non-hydrogen) atoms. The second kappa shape index (κ2) is 6.20. The molecule has 1 atom stereocenters. The highest BCUT2D eigenvalue weighted by Crippen LogP contribution is 2.21. The van der Waals surface area contributed by atoms with Crippen LogP contribution in [0.3, 0.4) is 0 Å². The first-order valence-electron chi connectivity index (χ1n) is 7.08. The smallest absolute Gasteiger partial charge is 0.251 e. The first-order valence-corrected chi connectivity index (χ1v) is 7.46. The number of nitrogens with one attached hydrogen (secondary N) is 1. The summed E-state index contributed by atoms with van der Waals surface area (Å²) in [5.41, 5.74) is 1.35. The number of halogens is 1. The number of para-hydroxylation sites is 1. The third kappa shape index (κ3) is 2.97. The van der Waals surface area contributed by atoms with E-state index in [9.17, 15) is 9.59 Å². The molecule has 0 radical (unpaired) electrons. The molecule has 1 aliphatic rings. The summed E-state index contributed by atoms with van der Waals surface area (Å²) in [6.45, 7) is 0.606. The van der Waals surface area contributed by atoms with Crippen LogP contribution >= 0.6 is 11.6 Å². The van der Waals surface area contributed by atoms with Gasteiger partial charge in [-0.25, -0.2) is 0 Å². The molecule has 3 rings (SSSR count). The number of nitrogens with zero attached hydrogens (tertiary/aromatic N) is 1. The van der Waals surface area contributed by atoms with Crippen molar-refractivity contribution in [1.82, 2.24) is 5.32 Å². The van der Waals surface area contributed by atoms with E-state index in [-0.39, 0.29) is 11.8 Å². The number of anilines is 1. The Balaban J connectivity index is 1.68. The van der Waals surface area contributed by atoms with Gasteiger partial charge in [-0.1, -0.05) is 29.8 Å². The molecule has 1 heterocycles. The van der Waals surface area contributed by atoms with Crippen LogP contribution in [-0.4, -0.2) is 24.4 Å². The van der Waals surface area contributed by atoms with Crippen molar-refractivity contribution in [1.29, 1.82) is 0 Å². The zero-order chi connectivity index (χ0) is 15.5. The number of carbonyl (C=O) groups is 2. The molecule has 0 bridgehead atoms. The van der Waals surface area contributed by atoms with E-state index >= 15 is 0 Å². The minimum atomic E-state index is -0.483. The Labute approximate surface area is 133 Å². The van der Waals surface area contributed by atoms with Crippen molar-refractivity contribution in [2.24, 2.45) is 0 Å². The van der Waals surface area contributed by atoms with E-state index in [4.69, 9.17) is 11.6 Å². The molecule has 1 aliphatic heterocycles. The molecule has 1 saturated heterocycles. The minimum absolute atomic E-state index is 0.0755. The number of hydrogen-bond acceptors (Lipinski definition) is 2. The third-order valence-electron chi connectivity index (χ3n) is 3.69. The highest BCUT2D eigenvalue weighted by Gasteiger charge is 2.33. The van der Waals surface area contributed by atoms with Crippen molar-refractivity contribution in [3.05, 3.63) is 65.2 Å². The molecular weight excluding hydrogens is 300 g/mol. The Bertz CT molecular complexity index is 686. The molecule has 4 nitrogen and oxygen atoms in total. The fourth-order valence-corrected chi connectivity index (χ4v) is 2.65. The summed E-state index contributed by atoms with van der Waals surface area (Å²) >= 11 is 5.80. The van der Waals surface area contributed by atoms with Crippen molar-refractivity contribution in [3.8, 4) is 0 Å². The number of carbonyl (C=O) groups excluding carboxylic acids is 2. The highest BCUT2D eigenvalue weighted by atomic mass is 35.5. The highest BCUT2D eigenvalue weighted by molar-refractivity contribution is 6.30. The molecule has 0 aliphatic carbocycles. The molecule has 0 aromatic heterocycles. The quantitative estimate of drug-likeness (QED) is 0.947. The van der Waals surface area contributed by atoms with Crippen LogP contribution in [0, 0.1) is 0 Å². The lowest BCUT2D eigenvalue weighted by atomic mass is 10.2. The monoisotopic (exact) mass is 314 g/mol. The first-order chi connectivity index (χ1) is 10.6. The average Bonchev–Trinajstić information content (AvgIpc) is 2.90. The molecule has 112 valence electrons. The SMILES string of the molecule is O=C(N[C@H]1CCN(c2ccccc2)C1=O)c1ccc(Cl)cc1. The summed E-state index contributed by atoms with van der Waals surface area (Å²) in [5, 5.41) is 3.36. The fraction of sp³-hybridized carbons (Fsp3) is 0.176. The first kappa shape index (κ1) is 14.6. The Morgan fingerprint density at radius 3 is 2.45 bits per heavy atom. The van der Waals surface area contributed by atoms with Gasteiger partial charge in [0, 0.05) is 22.8 Å². The maximum Gasteiger partial charge on any atom is 0.251 e. The summed E-state index contributed by atoms with van der Waals surface area (Å²) in [5.74, 6) is -0.335. The van der Waals surface area contributed by atoms with Crippen LogP contribution in [0.1, 0.15) is 16.8 Å². The van der Waals surface area contributed by atoms with Gasteiger partial charge < -0.3 is 10.2 Å². The largest absolute Gasteiger partial charge is 0.340 e. The predicted octanol–water partition coefficient (Wildman–Crippen LogP) is 2.88. The van der Waals surface area contributed by atoms with E-state index < -0.39 is 6.04 Å². The lowest BCUT2D eigenvalue weighted by Gasteiger charge is -2.17. The lowest BCUT2D eigenvalue weighted by molar-refractivity contribution is -0.118. The maximum atomic E-state index is 12.4. The number of rotatable bonds is 3. The third-order valence-corrected chi connectivity index (χ3v) is 3.94. The average molecular weight is 315 g/mol. The van der Waals surface area contributed by atoms with Crippen LogP contribution in [-0.2, 0) is 4.79 Å². The Morgan fingerprint density at radius 2 is 1.77 bits per heavy atom. The van der Waals surface area contributed by atoms with E-state index in [1.807, 2.05) is 30.3 Å². The van der Waals surface area contributed by atoms with E-state index in [1.165, 1.54) is 0 Å². The van der Waals surface area contributed by atoms with Crippen molar-refractivity contribution < 1.29 is 9.59 Å². The van der Waals surface area contributed by atoms with Crippen LogP contribution < -0.4 is 10.2 Å². The Morgan fingerprint density at radius 1 is 1.09 bits per heavy atom. The zero-order valence-electron chi connectivity index (χ0n) is 11.8. The molecule has 0 unspecified atom stereocenters. The van der Waals surface area contributed by atoms with Crippen LogP contribution in [0.25, 0.3) is 0 Å². The van der Waals surface area contributed by atoms with Crippen molar-refractivity contribution >= 4 is 29.1 Å². The normalized spacial score (nSPS) is 17.6. The molecular formula is C17H15ClN2O2. The second-order valence-corrected chi connectivity index (χ2v) is 5.58. The van der Waals surface area contributed by atoms with Crippen molar-refractivity contribution in [2.75, 3.05) is 11.4 Å². The van der Waals surface area contributed by atoms with Gasteiger partial charge in [-0.15, -0.1) is 0 Å². The molecule has 1 fully saturated rings. The topological polar surface area (TPSA) is 49.4 Å². The molecule has 2 aromatic carbocycles. The van der Waals surface area contributed by atoms with Gasteiger partial charge in [-0.3, -0.25) is 9.59 Å². The molecule has 0 spiro atoms. The van der Waals surface area contributed by atoms with E-state index in [1.54, 1.807) is 29.2 Å². The van der Waals surface area contributed by atoms with Gasteiger partial charge in [-0.2, -0.15) is 0 Å². The van der Waals surface area contributed by atoms with Crippen LogP contribution in [0.5, 0.6) is 0 Å². The van der Waals surface area contributed by atoms with E-state index in [0.29, 0.717) is 23.6 Å². The Hall–Kier alpha value is -2.33. The molecule has 2 amide bonds. The van der Waals surface area contributed by atoms with E-state index in [0.717, 1.165) is 5.69 Å². The number of amides is 2. The summed E-state index contributed by atoms with van der Waals surface area (Å²) in [6, 6.07) is 15.6. The number of benzene rings is 2. The molecule has 2 aromatic rings. The van der Waals surface area contributed by atoms with Gasteiger partial charge >= 0.3 is 0 Å². The van der Waals surface area contributed by atoms with Crippen LogP contribution in [0.2, 0.25) is 5.02 Å². The van der Waals surface area contributed by atoms with Crippen molar-refractivity contribution in [2.45, 2.75) is 12.5 Å². The molecule has 1 N–H and O–H groups in total. The maximum absolute atomic E-state index is 12.4. The lowest BCUT2D eigenvalue weighted by Crippen LogP contribution is -2.41. The fourth-order valence-electron chi connectivity index (χ4n) is 2.52. The van der Waals surface area contributed by atoms with Crippen molar-refractivity contribution in [3.63, 3.8) is 0 Å². The van der Waals surface area contributed by atoms with Crippen LogP contribution in [0.15, 0.2) is 54.6 Å². The van der Waals surface area contributed by atoms with Gasteiger partial charge in [0.2, 0.25) is 5.91 Å². The van der Waals surface area contributed by atoms with Gasteiger partial charge in [0.1, 0.15) is 6.04 Å².